The number of hydrogen-bond acceptors (Lipinski definition) is 5. The molecular formula is C22H21N3O4. The Bertz CT molecular complexity index is 1010. The quantitative estimate of drug-likeness (QED) is 0.645. The first kappa shape index (κ1) is 19.9. The maximum Gasteiger partial charge on any atom is 0.259 e. The van der Waals surface area contributed by atoms with Gasteiger partial charge in [-0.1, -0.05) is 24.3 Å². The predicted octanol–water partition coefficient (Wildman–Crippen LogP) is 3.28. The highest BCUT2D eigenvalue weighted by Crippen LogP contribution is 2.31. The van der Waals surface area contributed by atoms with E-state index in [-0.39, 0.29) is 5.91 Å². The standard InChI is InChI=1S/C22H21N3O4/c1-28-19-11-5-9-17(20(19)29-2)22(27)25-18-10-4-3-8-16(18)21(26)24-14-15-7-6-12-23-13-15/h3-13H,14H2,1-2H3,(H,24,26)(H,25,27). The lowest BCUT2D eigenvalue weighted by atomic mass is 10.1. The van der Waals surface area contributed by atoms with Crippen LogP contribution in [0.25, 0.3) is 0 Å². The molecule has 0 radical (unpaired) electrons. The van der Waals surface area contributed by atoms with E-state index in [1.807, 2.05) is 6.07 Å². The van der Waals surface area contributed by atoms with E-state index in [2.05, 4.69) is 15.6 Å². The van der Waals surface area contributed by atoms with Crippen LogP contribution in [-0.4, -0.2) is 31.0 Å². The van der Waals surface area contributed by atoms with Gasteiger partial charge < -0.3 is 20.1 Å². The van der Waals surface area contributed by atoms with Crippen molar-refractivity contribution in [1.82, 2.24) is 10.3 Å². The van der Waals surface area contributed by atoms with Gasteiger partial charge in [0.1, 0.15) is 0 Å². The molecule has 2 aromatic carbocycles. The van der Waals surface area contributed by atoms with E-state index in [9.17, 15) is 9.59 Å². The van der Waals surface area contributed by atoms with Crippen LogP contribution in [0, 0.1) is 0 Å². The lowest BCUT2D eigenvalue weighted by molar-refractivity contribution is 0.0951. The molecule has 0 bridgehead atoms. The molecule has 0 saturated carbocycles. The van der Waals surface area contributed by atoms with E-state index >= 15 is 0 Å². The number of hydrogen-bond donors (Lipinski definition) is 2. The summed E-state index contributed by atoms with van der Waals surface area (Å²) in [5, 5.41) is 5.62. The third kappa shape index (κ3) is 4.70. The fourth-order valence-corrected chi connectivity index (χ4v) is 2.83. The van der Waals surface area contributed by atoms with Gasteiger partial charge in [-0.15, -0.1) is 0 Å². The maximum absolute atomic E-state index is 12.8. The highest BCUT2D eigenvalue weighted by molar-refractivity contribution is 6.10. The van der Waals surface area contributed by atoms with Crippen LogP contribution >= 0.6 is 0 Å². The van der Waals surface area contributed by atoms with Crippen molar-refractivity contribution in [1.29, 1.82) is 0 Å². The summed E-state index contributed by atoms with van der Waals surface area (Å²) in [6.07, 6.45) is 3.35. The van der Waals surface area contributed by atoms with E-state index in [0.717, 1.165) is 5.56 Å². The molecule has 1 aromatic heterocycles. The Morgan fingerprint density at radius 2 is 1.69 bits per heavy atom. The summed E-state index contributed by atoms with van der Waals surface area (Å²) >= 11 is 0. The number of benzene rings is 2. The van der Waals surface area contributed by atoms with E-state index in [4.69, 9.17) is 9.47 Å². The van der Waals surface area contributed by atoms with Crippen molar-refractivity contribution in [3.8, 4) is 11.5 Å². The molecule has 29 heavy (non-hydrogen) atoms. The molecule has 3 rings (SSSR count). The SMILES string of the molecule is COc1cccc(C(=O)Nc2ccccc2C(=O)NCc2cccnc2)c1OC. The molecule has 0 atom stereocenters. The second-order valence-corrected chi connectivity index (χ2v) is 6.08. The highest BCUT2D eigenvalue weighted by Gasteiger charge is 2.19. The first-order valence-corrected chi connectivity index (χ1v) is 8.92. The molecule has 7 heteroatoms. The molecule has 2 amide bonds. The molecule has 3 aromatic rings. The molecule has 7 nitrogen and oxygen atoms in total. The second kappa shape index (κ2) is 9.36. The first-order chi connectivity index (χ1) is 14.1. The normalized spacial score (nSPS) is 10.1. The van der Waals surface area contributed by atoms with Crippen molar-refractivity contribution in [2.45, 2.75) is 6.54 Å². The first-order valence-electron chi connectivity index (χ1n) is 8.92. The molecular weight excluding hydrogens is 370 g/mol. The van der Waals surface area contributed by atoms with Gasteiger partial charge in [-0.2, -0.15) is 0 Å². The zero-order chi connectivity index (χ0) is 20.6. The van der Waals surface area contributed by atoms with Crippen LogP contribution < -0.4 is 20.1 Å². The summed E-state index contributed by atoms with van der Waals surface area (Å²) in [6.45, 7) is 0.332. The summed E-state index contributed by atoms with van der Waals surface area (Å²) in [7, 11) is 2.97. The lowest BCUT2D eigenvalue weighted by Crippen LogP contribution is -2.25. The number of anilines is 1. The van der Waals surface area contributed by atoms with E-state index in [1.165, 1.54) is 14.2 Å². The fourth-order valence-electron chi connectivity index (χ4n) is 2.83. The Balaban J connectivity index is 1.79. The van der Waals surface area contributed by atoms with Crippen LogP contribution in [0.1, 0.15) is 26.3 Å². The van der Waals surface area contributed by atoms with Gasteiger partial charge in [0.25, 0.3) is 11.8 Å². The van der Waals surface area contributed by atoms with Crippen molar-refractivity contribution in [2.24, 2.45) is 0 Å². The Labute approximate surface area is 168 Å². The van der Waals surface area contributed by atoms with Gasteiger partial charge >= 0.3 is 0 Å². The minimum atomic E-state index is -0.409. The van der Waals surface area contributed by atoms with Gasteiger partial charge in [-0.25, -0.2) is 0 Å². The summed E-state index contributed by atoms with van der Waals surface area (Å²) in [5.74, 6) is 0.0595. The minimum Gasteiger partial charge on any atom is -0.493 e. The number of carbonyl (C=O) groups is 2. The number of methoxy groups -OCH3 is 2. The number of nitrogens with one attached hydrogen (secondary N) is 2. The molecule has 148 valence electrons. The Morgan fingerprint density at radius 3 is 2.41 bits per heavy atom. The van der Waals surface area contributed by atoms with Gasteiger partial charge in [0.05, 0.1) is 31.0 Å². The molecule has 1 heterocycles. The van der Waals surface area contributed by atoms with Crippen molar-refractivity contribution in [2.75, 3.05) is 19.5 Å². The number of aromatic nitrogens is 1. The van der Waals surface area contributed by atoms with Crippen molar-refractivity contribution in [3.63, 3.8) is 0 Å². The number of amides is 2. The number of pyridine rings is 1. The molecule has 0 unspecified atom stereocenters. The number of rotatable bonds is 7. The summed E-state index contributed by atoms with van der Waals surface area (Å²) < 4.78 is 10.6. The van der Waals surface area contributed by atoms with E-state index in [1.54, 1.807) is 60.9 Å². The van der Waals surface area contributed by atoms with Crippen LogP contribution in [0.2, 0.25) is 0 Å². The molecule has 0 spiro atoms. The maximum atomic E-state index is 12.8. The number of carbonyl (C=O) groups excluding carboxylic acids is 2. The Hall–Kier alpha value is -3.87. The molecule has 0 fully saturated rings. The number of ether oxygens (including phenoxy) is 2. The molecule has 0 aliphatic rings. The largest absolute Gasteiger partial charge is 0.493 e. The summed E-state index contributed by atoms with van der Waals surface area (Å²) in [5.41, 5.74) is 1.93. The van der Waals surface area contributed by atoms with E-state index < -0.39 is 5.91 Å². The lowest BCUT2D eigenvalue weighted by Gasteiger charge is -2.14. The fraction of sp³-hybridized carbons (Fsp3) is 0.136. The topological polar surface area (TPSA) is 89.5 Å². The molecule has 0 saturated heterocycles. The van der Waals surface area contributed by atoms with Gasteiger partial charge in [0.2, 0.25) is 0 Å². The predicted molar refractivity (Wildman–Crippen MR) is 109 cm³/mol. The minimum absolute atomic E-state index is 0.303. The van der Waals surface area contributed by atoms with Gasteiger partial charge in [0.15, 0.2) is 11.5 Å². The van der Waals surface area contributed by atoms with Crippen LogP contribution in [0.3, 0.4) is 0 Å². The second-order valence-electron chi connectivity index (χ2n) is 6.08. The average molecular weight is 391 g/mol. The monoisotopic (exact) mass is 391 g/mol. The van der Waals surface area contributed by atoms with E-state index in [0.29, 0.717) is 34.9 Å². The number of nitrogens with zero attached hydrogens (tertiary/aromatic N) is 1. The van der Waals surface area contributed by atoms with Crippen molar-refractivity contribution < 1.29 is 19.1 Å². The molecule has 0 aliphatic heterocycles. The third-order valence-electron chi connectivity index (χ3n) is 4.24. The summed E-state index contributed by atoms with van der Waals surface area (Å²) in [4.78, 5) is 29.5. The molecule has 2 N–H and O–H groups in total. The zero-order valence-electron chi connectivity index (χ0n) is 16.1. The third-order valence-corrected chi connectivity index (χ3v) is 4.24. The van der Waals surface area contributed by atoms with Crippen LogP contribution in [0.4, 0.5) is 5.69 Å². The van der Waals surface area contributed by atoms with Crippen molar-refractivity contribution in [3.05, 3.63) is 83.7 Å². The van der Waals surface area contributed by atoms with Crippen LogP contribution in [0.5, 0.6) is 11.5 Å². The molecule has 0 aliphatic carbocycles. The Kier molecular flexibility index (Phi) is 6.42. The smallest absolute Gasteiger partial charge is 0.259 e. The number of para-hydroxylation sites is 2. The van der Waals surface area contributed by atoms with Crippen LogP contribution in [-0.2, 0) is 6.54 Å². The highest BCUT2D eigenvalue weighted by atomic mass is 16.5. The Morgan fingerprint density at radius 1 is 0.897 bits per heavy atom. The van der Waals surface area contributed by atoms with Gasteiger partial charge in [-0.05, 0) is 35.9 Å². The average Bonchev–Trinajstić information content (AvgIpc) is 2.77. The van der Waals surface area contributed by atoms with Crippen LogP contribution in [0.15, 0.2) is 67.0 Å². The van der Waals surface area contributed by atoms with Gasteiger partial charge in [0, 0.05) is 18.9 Å². The van der Waals surface area contributed by atoms with Gasteiger partial charge in [-0.3, -0.25) is 14.6 Å². The van der Waals surface area contributed by atoms with Crippen molar-refractivity contribution >= 4 is 17.5 Å². The summed E-state index contributed by atoms with van der Waals surface area (Å²) in [6, 6.07) is 15.5. The zero-order valence-corrected chi connectivity index (χ0v) is 16.1.